The minimum Gasteiger partial charge on any atom is -0.257 e. The second-order valence-electron chi connectivity index (χ2n) is 11.4. The molecule has 0 atom stereocenters. The van der Waals surface area contributed by atoms with Gasteiger partial charge in [-0.3, -0.25) is 4.58 Å². The van der Waals surface area contributed by atoms with E-state index in [4.69, 9.17) is 0 Å². The molecule has 1 aliphatic heterocycles. The molecule has 0 saturated heterocycles. The van der Waals surface area contributed by atoms with Gasteiger partial charge >= 0.3 is 12.4 Å². The lowest BCUT2D eigenvalue weighted by molar-refractivity contribution is -0.417. The third-order valence-corrected chi connectivity index (χ3v) is 9.09. The van der Waals surface area contributed by atoms with Crippen molar-refractivity contribution in [3.8, 4) is 11.1 Å². The minimum atomic E-state index is -4.66. The van der Waals surface area contributed by atoms with E-state index in [1.807, 2.05) is 26.8 Å². The van der Waals surface area contributed by atoms with Crippen molar-refractivity contribution in [1.82, 2.24) is 0 Å². The van der Waals surface area contributed by atoms with Gasteiger partial charge < -0.3 is 0 Å². The number of alkyl halides is 6. The molecule has 1 aromatic heterocycles. The minimum absolute atomic E-state index is 0.00943. The Morgan fingerprint density at radius 3 is 2.17 bits per heavy atom. The number of thiophene rings is 1. The SMILES string of the molecule is C=[N+]1C=Cc2c([s+][c-]3c(C(F)(F)F)c(-c4ccc(CC(C)(C)C(F)(F)F)cc4)ccc23)[C-]1c1cc(C)cc(C)c1C. The van der Waals surface area contributed by atoms with E-state index in [9.17, 15) is 26.3 Å². The van der Waals surface area contributed by atoms with Crippen LogP contribution in [0.15, 0.2) is 54.7 Å². The fourth-order valence-corrected chi connectivity index (χ4v) is 6.82. The molecule has 0 radical (unpaired) electrons. The molecule has 3 aromatic carbocycles. The zero-order valence-corrected chi connectivity index (χ0v) is 24.1. The summed E-state index contributed by atoms with van der Waals surface area (Å²) in [5.74, 6) is 0. The van der Waals surface area contributed by atoms with Crippen molar-refractivity contribution in [2.75, 3.05) is 0 Å². The fourth-order valence-electron chi connectivity index (χ4n) is 5.39. The standard InChI is InChI=1S/C33H29F6NS/c1-18-15-19(2)20(3)26(16-18)28-30-25(13-14-40(28)6)24-12-11-23(27(29(24)41-30)32(34,35)36)22-9-7-21(8-10-22)17-31(4,5)33(37,38)39/h7-16H,6,17H2,1-5H3. The van der Waals surface area contributed by atoms with E-state index in [0.717, 1.165) is 53.5 Å². The van der Waals surface area contributed by atoms with Gasteiger partial charge in [-0.2, -0.15) is 26.3 Å². The van der Waals surface area contributed by atoms with Crippen LogP contribution in [0, 0.1) is 32.2 Å². The molecule has 0 fully saturated rings. The Kier molecular flexibility index (Phi) is 6.92. The van der Waals surface area contributed by atoms with Gasteiger partial charge in [-0.25, -0.2) is 0 Å². The lowest BCUT2D eigenvalue weighted by Gasteiger charge is -2.27. The maximum absolute atomic E-state index is 14.8. The van der Waals surface area contributed by atoms with Gasteiger partial charge in [0.1, 0.15) is 17.5 Å². The molecule has 0 amide bonds. The highest BCUT2D eigenvalue weighted by Gasteiger charge is 2.47. The van der Waals surface area contributed by atoms with Crippen molar-refractivity contribution in [3.63, 3.8) is 0 Å². The molecule has 1 aliphatic rings. The molecular formula is C33H29F6NS. The van der Waals surface area contributed by atoms with E-state index in [2.05, 4.69) is 12.8 Å². The largest absolute Gasteiger partial charge is 0.408 e. The normalized spacial score (nSPS) is 14.2. The molecule has 0 saturated carbocycles. The molecule has 4 aromatic rings. The summed E-state index contributed by atoms with van der Waals surface area (Å²) in [5, 5.41) is 0.494. The van der Waals surface area contributed by atoms with Crippen LogP contribution in [-0.2, 0) is 12.6 Å². The highest BCUT2D eigenvalue weighted by atomic mass is 32.1. The van der Waals surface area contributed by atoms with Crippen LogP contribution < -0.4 is 0 Å². The monoisotopic (exact) mass is 585 g/mol. The molecule has 214 valence electrons. The van der Waals surface area contributed by atoms with Crippen molar-refractivity contribution < 1.29 is 30.9 Å². The number of nitrogens with zero attached hydrogens (tertiary/aromatic N) is 1. The Morgan fingerprint density at radius 2 is 1.56 bits per heavy atom. The zero-order valence-electron chi connectivity index (χ0n) is 23.3. The van der Waals surface area contributed by atoms with Crippen molar-refractivity contribution in [2.24, 2.45) is 5.41 Å². The summed E-state index contributed by atoms with van der Waals surface area (Å²) in [4.78, 5) is 0.706. The summed E-state index contributed by atoms with van der Waals surface area (Å²) in [6.07, 6.45) is -5.78. The number of halogens is 6. The van der Waals surface area contributed by atoms with Crippen LogP contribution in [0.3, 0.4) is 0 Å². The first kappa shape index (κ1) is 29.0. The third-order valence-electron chi connectivity index (χ3n) is 7.85. The van der Waals surface area contributed by atoms with Gasteiger partial charge in [0.2, 0.25) is 0 Å². The van der Waals surface area contributed by atoms with Crippen molar-refractivity contribution in [1.29, 1.82) is 0 Å². The highest BCUT2D eigenvalue weighted by Crippen LogP contribution is 2.50. The Bertz CT molecular complexity index is 1700. The molecule has 0 unspecified atom stereocenters. The summed E-state index contributed by atoms with van der Waals surface area (Å²) in [6.45, 7) is 12.3. The van der Waals surface area contributed by atoms with Crippen LogP contribution in [0.2, 0.25) is 0 Å². The zero-order chi connectivity index (χ0) is 30.1. The molecule has 5 rings (SSSR count). The van der Waals surface area contributed by atoms with E-state index in [-0.39, 0.29) is 16.7 Å². The van der Waals surface area contributed by atoms with Gasteiger partial charge in [-0.15, -0.1) is 12.1 Å². The highest BCUT2D eigenvalue weighted by molar-refractivity contribution is 7.20. The van der Waals surface area contributed by atoms with Crippen LogP contribution in [-0.4, -0.2) is 17.5 Å². The van der Waals surface area contributed by atoms with E-state index in [1.54, 1.807) is 22.9 Å². The Balaban J connectivity index is 1.66. The van der Waals surface area contributed by atoms with E-state index in [1.165, 1.54) is 30.3 Å². The number of fused-ring (bicyclic) bond motifs is 3. The summed E-state index contributed by atoms with van der Waals surface area (Å²) in [5.41, 5.74) is 2.76. The summed E-state index contributed by atoms with van der Waals surface area (Å²) < 4.78 is 86.2. The van der Waals surface area contributed by atoms with E-state index in [0.29, 0.717) is 27.0 Å². The van der Waals surface area contributed by atoms with Gasteiger partial charge in [0.25, 0.3) is 0 Å². The molecule has 2 heterocycles. The van der Waals surface area contributed by atoms with E-state index >= 15 is 0 Å². The Morgan fingerprint density at radius 1 is 0.902 bits per heavy atom. The molecule has 0 aliphatic carbocycles. The topological polar surface area (TPSA) is 3.01 Å². The predicted octanol–water partition coefficient (Wildman–Crippen LogP) is 10.3. The summed E-state index contributed by atoms with van der Waals surface area (Å²) >= 11 is 1.09. The number of hydrogen-bond donors (Lipinski definition) is 0. The van der Waals surface area contributed by atoms with Crippen molar-refractivity contribution >= 4 is 34.2 Å². The van der Waals surface area contributed by atoms with Gasteiger partial charge in [0, 0.05) is 0 Å². The third kappa shape index (κ3) is 5.07. The number of hydrogen-bond acceptors (Lipinski definition) is 0. The Labute approximate surface area is 239 Å². The number of aryl methyl sites for hydroxylation is 2. The maximum atomic E-state index is 14.8. The van der Waals surface area contributed by atoms with Crippen molar-refractivity contribution in [3.05, 3.63) is 105 Å². The second-order valence-corrected chi connectivity index (χ2v) is 12.4. The number of benzene rings is 3. The first-order valence-electron chi connectivity index (χ1n) is 13.1. The summed E-state index contributed by atoms with van der Waals surface area (Å²) in [7, 11) is 0. The Hall–Kier alpha value is -3.52. The first-order valence-corrected chi connectivity index (χ1v) is 13.9. The molecule has 41 heavy (non-hydrogen) atoms. The van der Waals surface area contributed by atoms with Crippen LogP contribution >= 0.6 is 11.3 Å². The quantitative estimate of drug-likeness (QED) is 0.0970. The second kappa shape index (κ2) is 9.79. The van der Waals surface area contributed by atoms with Gasteiger partial charge in [-0.1, -0.05) is 85.0 Å². The summed E-state index contributed by atoms with van der Waals surface area (Å²) in [6, 6.07) is 13.9. The molecular weight excluding hydrogens is 556 g/mol. The molecule has 0 bridgehead atoms. The number of rotatable bonds is 4. The van der Waals surface area contributed by atoms with Gasteiger partial charge in [-0.05, 0) is 48.4 Å². The predicted molar refractivity (Wildman–Crippen MR) is 154 cm³/mol. The first-order chi connectivity index (χ1) is 19.0. The average molecular weight is 586 g/mol. The van der Waals surface area contributed by atoms with Crippen LogP contribution in [0.25, 0.3) is 27.3 Å². The van der Waals surface area contributed by atoms with E-state index < -0.39 is 23.3 Å². The average Bonchev–Trinajstić information content (AvgIpc) is 3.23. The maximum Gasteiger partial charge on any atom is 0.408 e. The molecule has 0 N–H and O–H groups in total. The van der Waals surface area contributed by atoms with Gasteiger partial charge in [0.15, 0.2) is 15.6 Å². The molecule has 0 spiro atoms. The smallest absolute Gasteiger partial charge is 0.257 e. The lowest BCUT2D eigenvalue weighted by Crippen LogP contribution is -2.34. The molecule has 8 heteroatoms. The fraction of sp³-hybridized carbons (Fsp3) is 0.273. The van der Waals surface area contributed by atoms with Crippen LogP contribution in [0.1, 0.15) is 57.7 Å². The molecule has 1 nitrogen and oxygen atoms in total. The van der Waals surface area contributed by atoms with Crippen LogP contribution in [0.4, 0.5) is 26.3 Å². The van der Waals surface area contributed by atoms with Crippen LogP contribution in [0.5, 0.6) is 0 Å². The van der Waals surface area contributed by atoms with Gasteiger partial charge in [0.05, 0.1) is 17.7 Å². The van der Waals surface area contributed by atoms with Crippen molar-refractivity contribution in [2.45, 2.75) is 53.4 Å². The lowest BCUT2D eigenvalue weighted by atomic mass is 9.84.